The zero-order valence-electron chi connectivity index (χ0n) is 11.2. The largest absolute Gasteiger partial charge is 0.316 e. The summed E-state index contributed by atoms with van der Waals surface area (Å²) in [5.41, 5.74) is 4.10. The lowest BCUT2D eigenvalue weighted by Crippen LogP contribution is -2.16. The van der Waals surface area contributed by atoms with Crippen molar-refractivity contribution < 1.29 is 0 Å². The van der Waals surface area contributed by atoms with Crippen LogP contribution < -0.4 is 5.32 Å². The van der Waals surface area contributed by atoms with Crippen molar-refractivity contribution in [1.29, 1.82) is 0 Å². The van der Waals surface area contributed by atoms with Crippen molar-refractivity contribution in [1.82, 2.24) is 10.3 Å². The highest BCUT2D eigenvalue weighted by Crippen LogP contribution is 2.35. The number of hydrogen-bond acceptors (Lipinski definition) is 3. The number of nitrogens with zero attached hydrogens (tertiary/aromatic N) is 1. The first-order valence-electron chi connectivity index (χ1n) is 6.87. The van der Waals surface area contributed by atoms with Crippen LogP contribution in [0.2, 0.25) is 5.02 Å². The highest BCUT2D eigenvalue weighted by atomic mass is 35.5. The van der Waals surface area contributed by atoms with Crippen molar-refractivity contribution in [3.05, 3.63) is 58.4 Å². The van der Waals surface area contributed by atoms with Crippen LogP contribution in [0, 0.1) is 0 Å². The summed E-state index contributed by atoms with van der Waals surface area (Å²) < 4.78 is 0. The Morgan fingerprint density at radius 2 is 2.05 bits per heavy atom. The van der Waals surface area contributed by atoms with E-state index < -0.39 is 0 Å². The Balaban J connectivity index is 0.00000161. The minimum atomic E-state index is 0. The third-order valence-corrected chi connectivity index (χ3v) is 5.20. The van der Waals surface area contributed by atoms with Gasteiger partial charge in [-0.3, -0.25) is 4.98 Å². The van der Waals surface area contributed by atoms with Gasteiger partial charge in [-0.1, -0.05) is 31.2 Å². The Labute approximate surface area is 136 Å². The molecule has 0 saturated carbocycles. The number of nitrogens with one attached hydrogen (secondary N) is 1. The van der Waals surface area contributed by atoms with Gasteiger partial charge in [-0.25, -0.2) is 0 Å². The van der Waals surface area contributed by atoms with Crippen LogP contribution in [-0.2, 0) is 18.6 Å². The molecule has 0 saturated heterocycles. The number of rotatable bonds is 3. The quantitative estimate of drug-likeness (QED) is 0.851. The lowest BCUT2D eigenvalue weighted by atomic mass is 10.0. The van der Waals surface area contributed by atoms with Crippen molar-refractivity contribution >= 4 is 23.4 Å². The second-order valence-corrected chi connectivity index (χ2v) is 6.31. The summed E-state index contributed by atoms with van der Waals surface area (Å²) in [6.07, 6.45) is 5.88. The van der Waals surface area contributed by atoms with Crippen molar-refractivity contribution in [2.75, 3.05) is 13.1 Å². The second kappa shape index (κ2) is 7.83. The summed E-state index contributed by atoms with van der Waals surface area (Å²) in [7, 11) is 0. The average Bonchev–Trinajstić information content (AvgIpc) is 2.73. The fraction of sp³-hybridized carbons (Fsp3) is 0.353. The van der Waals surface area contributed by atoms with Crippen LogP contribution in [0.4, 0.5) is 0 Å². The van der Waals surface area contributed by atoms with E-state index in [1.54, 1.807) is 6.20 Å². The number of halogens is 1. The van der Waals surface area contributed by atoms with E-state index in [-0.39, 0.29) is 7.43 Å². The fourth-order valence-electron chi connectivity index (χ4n) is 2.50. The molecule has 112 valence electrons. The summed E-state index contributed by atoms with van der Waals surface area (Å²) in [5, 5.41) is 4.33. The third kappa shape index (κ3) is 4.00. The van der Waals surface area contributed by atoms with Crippen LogP contribution in [-0.4, -0.2) is 18.1 Å². The molecule has 0 aliphatic carbocycles. The summed E-state index contributed by atoms with van der Waals surface area (Å²) in [6, 6.07) is 8.31. The van der Waals surface area contributed by atoms with Gasteiger partial charge in [0.15, 0.2) is 0 Å². The molecular weight excluding hydrogens is 300 g/mol. The zero-order chi connectivity index (χ0) is 13.8. The van der Waals surface area contributed by atoms with E-state index in [1.165, 1.54) is 21.6 Å². The Kier molecular flexibility index (Phi) is 6.09. The SMILES string of the molecule is C.Clc1ccc2c(c1SCc1cccnc1)CCNCC2. The van der Waals surface area contributed by atoms with Gasteiger partial charge in [0, 0.05) is 23.0 Å². The summed E-state index contributed by atoms with van der Waals surface area (Å²) >= 11 is 8.25. The van der Waals surface area contributed by atoms with E-state index in [9.17, 15) is 0 Å². The zero-order valence-corrected chi connectivity index (χ0v) is 12.8. The molecule has 2 heterocycles. The maximum Gasteiger partial charge on any atom is 0.0544 e. The van der Waals surface area contributed by atoms with Crippen molar-refractivity contribution in [2.45, 2.75) is 30.9 Å². The normalized spacial score (nSPS) is 14.0. The molecule has 0 bridgehead atoms. The summed E-state index contributed by atoms with van der Waals surface area (Å²) in [4.78, 5) is 5.41. The number of benzene rings is 1. The molecule has 2 aromatic rings. The number of thioether (sulfide) groups is 1. The molecule has 1 aromatic heterocycles. The fourth-order valence-corrected chi connectivity index (χ4v) is 3.94. The van der Waals surface area contributed by atoms with Crippen LogP contribution in [0.15, 0.2) is 41.6 Å². The average molecular weight is 321 g/mol. The number of pyridine rings is 1. The van der Waals surface area contributed by atoms with E-state index in [2.05, 4.69) is 22.4 Å². The molecule has 0 atom stereocenters. The minimum Gasteiger partial charge on any atom is -0.316 e. The first-order chi connectivity index (χ1) is 9.84. The highest BCUT2D eigenvalue weighted by molar-refractivity contribution is 7.98. The molecule has 1 aromatic carbocycles. The lowest BCUT2D eigenvalue weighted by Gasteiger charge is -2.13. The van der Waals surface area contributed by atoms with E-state index in [0.29, 0.717) is 0 Å². The Bertz CT molecular complexity index is 587. The molecule has 0 unspecified atom stereocenters. The molecule has 2 nitrogen and oxygen atoms in total. The molecular formula is C17H21ClN2S. The van der Waals surface area contributed by atoms with Crippen LogP contribution in [0.3, 0.4) is 0 Å². The van der Waals surface area contributed by atoms with Crippen LogP contribution >= 0.6 is 23.4 Å². The maximum absolute atomic E-state index is 6.42. The molecule has 1 aliphatic heterocycles. The van der Waals surface area contributed by atoms with E-state index in [1.807, 2.05) is 30.1 Å². The predicted molar refractivity (Wildman–Crippen MR) is 92.3 cm³/mol. The van der Waals surface area contributed by atoms with Gasteiger partial charge < -0.3 is 5.32 Å². The Hall–Kier alpha value is -1.03. The van der Waals surface area contributed by atoms with Gasteiger partial charge in [0.2, 0.25) is 0 Å². The topological polar surface area (TPSA) is 24.9 Å². The molecule has 1 aliphatic rings. The second-order valence-electron chi connectivity index (χ2n) is 4.91. The predicted octanol–water partition coefficient (Wildman–Crippen LogP) is 4.35. The number of fused-ring (bicyclic) bond motifs is 1. The Morgan fingerprint density at radius 3 is 2.86 bits per heavy atom. The molecule has 0 fully saturated rings. The summed E-state index contributed by atoms with van der Waals surface area (Å²) in [5.74, 6) is 0.914. The van der Waals surface area contributed by atoms with Crippen molar-refractivity contribution in [3.8, 4) is 0 Å². The van der Waals surface area contributed by atoms with Gasteiger partial charge in [-0.15, -0.1) is 11.8 Å². The van der Waals surface area contributed by atoms with Gasteiger partial charge in [0.1, 0.15) is 0 Å². The molecule has 21 heavy (non-hydrogen) atoms. The Morgan fingerprint density at radius 1 is 1.19 bits per heavy atom. The van der Waals surface area contributed by atoms with Gasteiger partial charge in [-0.2, -0.15) is 0 Å². The molecule has 0 spiro atoms. The monoisotopic (exact) mass is 320 g/mol. The lowest BCUT2D eigenvalue weighted by molar-refractivity contribution is 0.709. The molecule has 0 amide bonds. The standard InChI is InChI=1S/C16H17ClN2S.CH4/c17-15-4-3-13-5-8-18-9-6-14(13)16(15)20-11-12-2-1-7-19-10-12;/h1-4,7,10,18H,5-6,8-9,11H2;1H4. The molecule has 0 radical (unpaired) electrons. The van der Waals surface area contributed by atoms with Crippen molar-refractivity contribution in [3.63, 3.8) is 0 Å². The molecule has 3 rings (SSSR count). The number of aromatic nitrogens is 1. The first kappa shape index (κ1) is 16.3. The molecule has 4 heteroatoms. The minimum absolute atomic E-state index is 0. The van der Waals surface area contributed by atoms with Gasteiger partial charge >= 0.3 is 0 Å². The van der Waals surface area contributed by atoms with Crippen LogP contribution in [0.25, 0.3) is 0 Å². The molecule has 1 N–H and O–H groups in total. The van der Waals surface area contributed by atoms with Crippen LogP contribution in [0.1, 0.15) is 24.1 Å². The van der Waals surface area contributed by atoms with Gasteiger partial charge in [0.05, 0.1) is 5.02 Å². The first-order valence-corrected chi connectivity index (χ1v) is 8.23. The van der Waals surface area contributed by atoms with Crippen molar-refractivity contribution in [2.24, 2.45) is 0 Å². The van der Waals surface area contributed by atoms with E-state index in [4.69, 9.17) is 11.6 Å². The summed E-state index contributed by atoms with van der Waals surface area (Å²) in [6.45, 7) is 2.09. The third-order valence-electron chi connectivity index (χ3n) is 3.54. The maximum atomic E-state index is 6.42. The van der Waals surface area contributed by atoms with Gasteiger partial charge in [0.25, 0.3) is 0 Å². The highest BCUT2D eigenvalue weighted by Gasteiger charge is 2.15. The number of hydrogen-bond donors (Lipinski definition) is 1. The van der Waals surface area contributed by atoms with E-state index >= 15 is 0 Å². The smallest absolute Gasteiger partial charge is 0.0544 e. The van der Waals surface area contributed by atoms with Gasteiger partial charge in [-0.05, 0) is 54.8 Å². The van der Waals surface area contributed by atoms with E-state index in [0.717, 1.165) is 36.7 Å². The van der Waals surface area contributed by atoms with Crippen LogP contribution in [0.5, 0.6) is 0 Å².